The SMILES string of the molecule is O=C(NCC1CCCO1)c1cnoc1-c1ccc(F)c(F)c1. The molecule has 5 nitrogen and oxygen atoms in total. The first-order valence-electron chi connectivity index (χ1n) is 6.95. The van der Waals surface area contributed by atoms with Crippen LogP contribution in [0.25, 0.3) is 11.3 Å². The number of carbonyl (C=O) groups is 1. The van der Waals surface area contributed by atoms with Gasteiger partial charge in [0.1, 0.15) is 5.56 Å². The average molecular weight is 308 g/mol. The first-order chi connectivity index (χ1) is 10.6. The highest BCUT2D eigenvalue weighted by Gasteiger charge is 2.21. The van der Waals surface area contributed by atoms with E-state index in [1.54, 1.807) is 0 Å². The van der Waals surface area contributed by atoms with Crippen molar-refractivity contribution in [2.75, 3.05) is 13.2 Å². The lowest BCUT2D eigenvalue weighted by molar-refractivity contribution is 0.0858. The molecule has 1 aliphatic rings. The third-order valence-electron chi connectivity index (χ3n) is 3.51. The highest BCUT2D eigenvalue weighted by molar-refractivity contribution is 5.99. The quantitative estimate of drug-likeness (QED) is 0.942. The molecule has 1 atom stereocenters. The number of nitrogens with one attached hydrogen (secondary N) is 1. The third kappa shape index (κ3) is 2.99. The molecule has 22 heavy (non-hydrogen) atoms. The number of halogens is 2. The summed E-state index contributed by atoms with van der Waals surface area (Å²) < 4.78 is 36.7. The zero-order chi connectivity index (χ0) is 15.5. The van der Waals surface area contributed by atoms with E-state index < -0.39 is 17.5 Å². The molecule has 116 valence electrons. The summed E-state index contributed by atoms with van der Waals surface area (Å²) in [6, 6.07) is 3.27. The summed E-state index contributed by atoms with van der Waals surface area (Å²) >= 11 is 0. The molecule has 0 saturated carbocycles. The molecule has 2 aromatic rings. The van der Waals surface area contributed by atoms with Crippen molar-refractivity contribution >= 4 is 5.91 Å². The third-order valence-corrected chi connectivity index (χ3v) is 3.51. The zero-order valence-electron chi connectivity index (χ0n) is 11.6. The average Bonchev–Trinajstić information content (AvgIpc) is 3.18. The number of nitrogens with zero attached hydrogens (tertiary/aromatic N) is 1. The van der Waals surface area contributed by atoms with Crippen molar-refractivity contribution in [3.05, 3.63) is 41.6 Å². The molecule has 1 aromatic carbocycles. The van der Waals surface area contributed by atoms with Crippen molar-refractivity contribution in [2.45, 2.75) is 18.9 Å². The van der Waals surface area contributed by atoms with Crippen LogP contribution in [0.3, 0.4) is 0 Å². The number of hydrogen-bond acceptors (Lipinski definition) is 4. The minimum absolute atomic E-state index is 0.00975. The van der Waals surface area contributed by atoms with E-state index >= 15 is 0 Å². The summed E-state index contributed by atoms with van der Waals surface area (Å²) in [5, 5.41) is 6.30. The minimum Gasteiger partial charge on any atom is -0.376 e. The summed E-state index contributed by atoms with van der Waals surface area (Å²) in [5.41, 5.74) is 0.419. The summed E-state index contributed by atoms with van der Waals surface area (Å²) in [4.78, 5) is 12.2. The highest BCUT2D eigenvalue weighted by atomic mass is 19.2. The Kier molecular flexibility index (Phi) is 4.15. The molecular weight excluding hydrogens is 294 g/mol. The lowest BCUT2D eigenvalue weighted by Gasteiger charge is -2.10. The maximum Gasteiger partial charge on any atom is 0.256 e. The molecule has 1 fully saturated rings. The van der Waals surface area contributed by atoms with E-state index in [-0.39, 0.29) is 23.0 Å². The van der Waals surface area contributed by atoms with Crippen LogP contribution in [0.5, 0.6) is 0 Å². The van der Waals surface area contributed by atoms with Gasteiger partial charge in [0, 0.05) is 18.7 Å². The molecule has 3 rings (SSSR count). The second kappa shape index (κ2) is 6.23. The van der Waals surface area contributed by atoms with E-state index in [2.05, 4.69) is 10.5 Å². The Balaban J connectivity index is 1.75. The zero-order valence-corrected chi connectivity index (χ0v) is 11.6. The van der Waals surface area contributed by atoms with Crippen LogP contribution in [0.15, 0.2) is 28.9 Å². The Labute approximate surface area is 125 Å². The van der Waals surface area contributed by atoms with Crippen molar-refractivity contribution < 1.29 is 22.8 Å². The molecule has 0 radical (unpaired) electrons. The van der Waals surface area contributed by atoms with Gasteiger partial charge in [0.2, 0.25) is 0 Å². The van der Waals surface area contributed by atoms with Crippen LogP contribution in [0.4, 0.5) is 8.78 Å². The normalized spacial score (nSPS) is 17.6. The largest absolute Gasteiger partial charge is 0.376 e. The second-order valence-electron chi connectivity index (χ2n) is 5.04. The molecule has 0 aliphatic carbocycles. The fraction of sp³-hybridized carbons (Fsp3) is 0.333. The minimum atomic E-state index is -1.01. The number of amides is 1. The van der Waals surface area contributed by atoms with Crippen molar-refractivity contribution in [3.8, 4) is 11.3 Å². The molecule has 0 bridgehead atoms. The van der Waals surface area contributed by atoms with E-state index in [1.165, 1.54) is 12.3 Å². The first-order valence-corrected chi connectivity index (χ1v) is 6.95. The van der Waals surface area contributed by atoms with Gasteiger partial charge in [-0.3, -0.25) is 4.79 Å². The number of aromatic nitrogens is 1. The van der Waals surface area contributed by atoms with Gasteiger partial charge in [-0.1, -0.05) is 5.16 Å². The van der Waals surface area contributed by atoms with Gasteiger partial charge in [-0.15, -0.1) is 0 Å². The van der Waals surface area contributed by atoms with E-state index in [0.717, 1.165) is 25.0 Å². The summed E-state index contributed by atoms with van der Waals surface area (Å²) in [5.74, 6) is -2.27. The molecule has 1 amide bonds. The lowest BCUT2D eigenvalue weighted by Crippen LogP contribution is -2.31. The van der Waals surface area contributed by atoms with Gasteiger partial charge < -0.3 is 14.6 Å². The fourth-order valence-corrected chi connectivity index (χ4v) is 2.35. The molecule has 0 spiro atoms. The van der Waals surface area contributed by atoms with Gasteiger partial charge in [0.25, 0.3) is 5.91 Å². The number of ether oxygens (including phenoxy) is 1. The van der Waals surface area contributed by atoms with Gasteiger partial charge in [-0.2, -0.15) is 0 Å². The maximum atomic E-state index is 13.3. The molecule has 1 unspecified atom stereocenters. The number of carbonyl (C=O) groups excluding carboxylic acids is 1. The standard InChI is InChI=1S/C15H14F2N2O3/c16-12-4-3-9(6-13(12)17)14-11(8-19-22-14)15(20)18-7-10-2-1-5-21-10/h3-4,6,8,10H,1-2,5,7H2,(H,18,20). The molecule has 1 saturated heterocycles. The van der Waals surface area contributed by atoms with Crippen LogP contribution in [-0.4, -0.2) is 30.3 Å². The first kappa shape index (κ1) is 14.6. The predicted molar refractivity (Wildman–Crippen MR) is 73.2 cm³/mol. The molecule has 7 heteroatoms. The van der Waals surface area contributed by atoms with Gasteiger partial charge in [-0.25, -0.2) is 8.78 Å². The summed E-state index contributed by atoms with van der Waals surface area (Å²) in [7, 11) is 0. The summed E-state index contributed by atoms with van der Waals surface area (Å²) in [6.45, 7) is 1.09. The molecule has 1 aliphatic heterocycles. The van der Waals surface area contributed by atoms with Crippen molar-refractivity contribution in [2.24, 2.45) is 0 Å². The Morgan fingerprint density at radius 3 is 2.95 bits per heavy atom. The van der Waals surface area contributed by atoms with Crippen LogP contribution in [0, 0.1) is 11.6 Å². The topological polar surface area (TPSA) is 64.4 Å². The maximum absolute atomic E-state index is 13.3. The van der Waals surface area contributed by atoms with Crippen LogP contribution in [0.1, 0.15) is 23.2 Å². The van der Waals surface area contributed by atoms with E-state index in [0.29, 0.717) is 13.2 Å². The Morgan fingerprint density at radius 2 is 2.23 bits per heavy atom. The van der Waals surface area contributed by atoms with Crippen molar-refractivity contribution in [3.63, 3.8) is 0 Å². The molecular formula is C15H14F2N2O3. The monoisotopic (exact) mass is 308 g/mol. The van der Waals surface area contributed by atoms with Crippen LogP contribution >= 0.6 is 0 Å². The highest BCUT2D eigenvalue weighted by Crippen LogP contribution is 2.25. The number of benzene rings is 1. The van der Waals surface area contributed by atoms with Gasteiger partial charge in [-0.05, 0) is 31.0 Å². The van der Waals surface area contributed by atoms with Gasteiger partial charge >= 0.3 is 0 Å². The van der Waals surface area contributed by atoms with Crippen LogP contribution in [-0.2, 0) is 4.74 Å². The second-order valence-corrected chi connectivity index (χ2v) is 5.04. The predicted octanol–water partition coefficient (Wildman–Crippen LogP) is 2.53. The van der Waals surface area contributed by atoms with Crippen molar-refractivity contribution in [1.29, 1.82) is 0 Å². The fourth-order valence-electron chi connectivity index (χ4n) is 2.35. The van der Waals surface area contributed by atoms with Crippen LogP contribution < -0.4 is 5.32 Å². The van der Waals surface area contributed by atoms with E-state index in [9.17, 15) is 13.6 Å². The smallest absolute Gasteiger partial charge is 0.256 e. The number of rotatable bonds is 4. The Bertz CT molecular complexity index is 681. The van der Waals surface area contributed by atoms with Crippen molar-refractivity contribution in [1.82, 2.24) is 10.5 Å². The summed E-state index contributed by atoms with van der Waals surface area (Å²) in [6.07, 6.45) is 3.14. The van der Waals surface area contributed by atoms with Crippen LogP contribution in [0.2, 0.25) is 0 Å². The number of hydrogen-bond donors (Lipinski definition) is 1. The van der Waals surface area contributed by atoms with Gasteiger partial charge in [0.15, 0.2) is 17.4 Å². The Hall–Kier alpha value is -2.28. The Morgan fingerprint density at radius 1 is 1.36 bits per heavy atom. The molecule has 1 N–H and O–H groups in total. The molecule has 2 heterocycles. The van der Waals surface area contributed by atoms with E-state index in [4.69, 9.17) is 9.26 Å². The van der Waals surface area contributed by atoms with Gasteiger partial charge in [0.05, 0.1) is 12.3 Å². The van der Waals surface area contributed by atoms with E-state index in [1.807, 2.05) is 0 Å². The lowest BCUT2D eigenvalue weighted by atomic mass is 10.1. The molecule has 1 aromatic heterocycles.